The molecule has 1 aromatic heterocycles. The van der Waals surface area contributed by atoms with Gasteiger partial charge in [-0.05, 0) is 49.3 Å². The Kier molecular flexibility index (Phi) is 9.09. The molecule has 0 saturated heterocycles. The van der Waals surface area contributed by atoms with Gasteiger partial charge >= 0.3 is 0 Å². The molecular formula is C30H35N3O2S. The van der Waals surface area contributed by atoms with Gasteiger partial charge in [0.2, 0.25) is 5.91 Å². The van der Waals surface area contributed by atoms with E-state index in [-0.39, 0.29) is 11.8 Å². The molecule has 4 rings (SSSR count). The molecule has 0 radical (unpaired) electrons. The third kappa shape index (κ3) is 6.31. The lowest BCUT2D eigenvalue weighted by molar-refractivity contribution is -0.118. The van der Waals surface area contributed by atoms with Crippen molar-refractivity contribution in [2.75, 3.05) is 37.7 Å². The van der Waals surface area contributed by atoms with Crippen LogP contribution in [0, 0.1) is 0 Å². The van der Waals surface area contributed by atoms with Gasteiger partial charge in [-0.25, -0.2) is 4.98 Å². The Hall–Kier alpha value is -3.22. The normalized spacial score (nSPS) is 11.4. The van der Waals surface area contributed by atoms with Gasteiger partial charge in [0.25, 0.3) is 0 Å². The number of anilines is 1. The van der Waals surface area contributed by atoms with Crippen LogP contribution in [0.3, 0.4) is 0 Å². The van der Waals surface area contributed by atoms with E-state index in [1.807, 2.05) is 66.4 Å². The highest BCUT2D eigenvalue weighted by molar-refractivity contribution is 7.22. The number of likely N-dealkylation sites (N-methyl/N-ethyl adjacent to an activating group) is 1. The zero-order chi connectivity index (χ0) is 25.3. The number of carbonyl (C=O) groups is 1. The van der Waals surface area contributed by atoms with Crippen molar-refractivity contribution in [1.82, 2.24) is 9.88 Å². The zero-order valence-electron chi connectivity index (χ0n) is 21.4. The van der Waals surface area contributed by atoms with Crippen LogP contribution < -0.4 is 9.64 Å². The first-order valence-corrected chi connectivity index (χ1v) is 13.6. The van der Waals surface area contributed by atoms with Gasteiger partial charge in [0, 0.05) is 25.4 Å². The number of benzene rings is 3. The number of carbonyl (C=O) groups excluding carboxylic acids is 1. The van der Waals surface area contributed by atoms with E-state index in [2.05, 4.69) is 43.0 Å². The molecule has 0 fully saturated rings. The summed E-state index contributed by atoms with van der Waals surface area (Å²) in [6.07, 6.45) is 0.381. The summed E-state index contributed by atoms with van der Waals surface area (Å²) in [5, 5.41) is 0.746. The molecule has 0 aliphatic rings. The molecule has 3 aromatic carbocycles. The first-order valence-electron chi connectivity index (χ1n) is 12.8. The van der Waals surface area contributed by atoms with Gasteiger partial charge in [-0.15, -0.1) is 0 Å². The molecule has 0 unspecified atom stereocenters. The van der Waals surface area contributed by atoms with Gasteiger partial charge in [0.1, 0.15) is 5.75 Å². The van der Waals surface area contributed by atoms with E-state index in [1.54, 1.807) is 11.3 Å². The maximum atomic E-state index is 14.0. The first-order chi connectivity index (χ1) is 17.6. The molecule has 0 aliphatic carbocycles. The van der Waals surface area contributed by atoms with Crippen LogP contribution in [0.5, 0.6) is 5.75 Å². The second kappa shape index (κ2) is 12.7. The summed E-state index contributed by atoms with van der Waals surface area (Å²) < 4.78 is 6.71. The number of fused-ring (bicyclic) bond motifs is 1. The largest absolute Gasteiger partial charge is 0.494 e. The van der Waals surface area contributed by atoms with Crippen molar-refractivity contribution >= 4 is 32.6 Å². The smallest absolute Gasteiger partial charge is 0.229 e. The quantitative estimate of drug-likeness (QED) is 0.220. The maximum Gasteiger partial charge on any atom is 0.229 e. The second-order valence-electron chi connectivity index (χ2n) is 8.71. The van der Waals surface area contributed by atoms with E-state index in [4.69, 9.17) is 9.72 Å². The third-order valence-corrected chi connectivity index (χ3v) is 7.55. The minimum atomic E-state index is -0.0187. The molecule has 1 heterocycles. The lowest BCUT2D eigenvalue weighted by atomic mass is 9.88. The topological polar surface area (TPSA) is 45.7 Å². The molecule has 1 amide bonds. The Bertz CT molecular complexity index is 1200. The third-order valence-electron chi connectivity index (χ3n) is 6.51. The van der Waals surface area contributed by atoms with Crippen LogP contribution in [0.2, 0.25) is 0 Å². The number of nitrogens with zero attached hydrogens (tertiary/aromatic N) is 3. The minimum absolute atomic E-state index is 0.0187. The number of rotatable bonds is 12. The number of amides is 1. The van der Waals surface area contributed by atoms with Crippen molar-refractivity contribution in [3.05, 3.63) is 90.0 Å². The highest BCUT2D eigenvalue weighted by Crippen LogP contribution is 2.34. The number of aromatic nitrogens is 1. The van der Waals surface area contributed by atoms with Gasteiger partial charge in [0.05, 0.1) is 16.8 Å². The van der Waals surface area contributed by atoms with Gasteiger partial charge in [-0.3, -0.25) is 9.69 Å². The van der Waals surface area contributed by atoms with Gasteiger partial charge in [-0.1, -0.05) is 85.8 Å². The molecule has 0 atom stereocenters. The van der Waals surface area contributed by atoms with Crippen LogP contribution in [-0.2, 0) is 4.79 Å². The van der Waals surface area contributed by atoms with Crippen molar-refractivity contribution in [2.24, 2.45) is 0 Å². The van der Waals surface area contributed by atoms with Crippen LogP contribution in [0.15, 0.2) is 78.9 Å². The predicted octanol–water partition coefficient (Wildman–Crippen LogP) is 6.59. The fraction of sp³-hybridized carbons (Fsp3) is 0.333. The van der Waals surface area contributed by atoms with E-state index in [0.717, 1.165) is 51.9 Å². The summed E-state index contributed by atoms with van der Waals surface area (Å²) in [7, 11) is 0. The second-order valence-corrected chi connectivity index (χ2v) is 9.72. The van der Waals surface area contributed by atoms with Crippen LogP contribution >= 0.6 is 11.3 Å². The molecule has 0 saturated carbocycles. The number of hydrogen-bond acceptors (Lipinski definition) is 5. The lowest BCUT2D eigenvalue weighted by Crippen LogP contribution is -2.39. The molecule has 5 nitrogen and oxygen atoms in total. The van der Waals surface area contributed by atoms with Crippen LogP contribution in [0.4, 0.5) is 5.13 Å². The van der Waals surface area contributed by atoms with E-state index < -0.39 is 0 Å². The minimum Gasteiger partial charge on any atom is -0.494 e. The standard InChI is InChI=1S/C30H35N3O2S/c1-4-32(5-2)19-20-33(30-31-27-18-17-25(35-6-3)21-28(27)36-30)29(34)22-26(23-13-9-7-10-14-23)24-15-11-8-12-16-24/h7-18,21,26H,4-6,19-20,22H2,1-3H3. The fourth-order valence-electron chi connectivity index (χ4n) is 4.46. The molecule has 0 aliphatic heterocycles. The number of thiazole rings is 1. The van der Waals surface area contributed by atoms with Crippen LogP contribution in [-0.4, -0.2) is 48.6 Å². The molecule has 0 N–H and O–H groups in total. The zero-order valence-corrected chi connectivity index (χ0v) is 22.2. The van der Waals surface area contributed by atoms with Crippen molar-refractivity contribution in [2.45, 2.75) is 33.1 Å². The van der Waals surface area contributed by atoms with E-state index in [9.17, 15) is 4.79 Å². The summed E-state index contributed by atoms with van der Waals surface area (Å²) >= 11 is 1.55. The Morgan fingerprint density at radius 3 is 2.11 bits per heavy atom. The van der Waals surface area contributed by atoms with E-state index in [1.165, 1.54) is 0 Å². The highest BCUT2D eigenvalue weighted by atomic mass is 32.1. The molecule has 36 heavy (non-hydrogen) atoms. The van der Waals surface area contributed by atoms with Crippen molar-refractivity contribution in [3.63, 3.8) is 0 Å². The van der Waals surface area contributed by atoms with Crippen molar-refractivity contribution in [3.8, 4) is 5.75 Å². The Labute approximate surface area is 218 Å². The lowest BCUT2D eigenvalue weighted by Gasteiger charge is -2.26. The molecule has 6 heteroatoms. The summed E-state index contributed by atoms with van der Waals surface area (Å²) in [6.45, 7) is 10.2. The molecule has 188 valence electrons. The van der Waals surface area contributed by atoms with E-state index >= 15 is 0 Å². The first kappa shape index (κ1) is 25.9. The van der Waals surface area contributed by atoms with Crippen LogP contribution in [0.25, 0.3) is 10.2 Å². The van der Waals surface area contributed by atoms with Gasteiger partial charge in [-0.2, -0.15) is 0 Å². The summed E-state index contributed by atoms with van der Waals surface area (Å²) in [5.41, 5.74) is 3.18. The van der Waals surface area contributed by atoms with Crippen molar-refractivity contribution in [1.29, 1.82) is 0 Å². The fourth-order valence-corrected chi connectivity index (χ4v) is 5.49. The predicted molar refractivity (Wildman–Crippen MR) is 150 cm³/mol. The van der Waals surface area contributed by atoms with Gasteiger partial charge in [0.15, 0.2) is 5.13 Å². The molecule has 0 bridgehead atoms. The Balaban J connectivity index is 1.66. The van der Waals surface area contributed by atoms with Crippen molar-refractivity contribution < 1.29 is 9.53 Å². The summed E-state index contributed by atoms with van der Waals surface area (Å²) in [5.74, 6) is 0.896. The molecule has 4 aromatic rings. The highest BCUT2D eigenvalue weighted by Gasteiger charge is 2.25. The maximum absolute atomic E-state index is 14.0. The Morgan fingerprint density at radius 1 is 0.889 bits per heavy atom. The average Bonchev–Trinajstić information content (AvgIpc) is 3.34. The van der Waals surface area contributed by atoms with Gasteiger partial charge < -0.3 is 9.64 Å². The molecular weight excluding hydrogens is 466 g/mol. The monoisotopic (exact) mass is 501 g/mol. The van der Waals surface area contributed by atoms with Crippen LogP contribution in [0.1, 0.15) is 44.2 Å². The molecule has 0 spiro atoms. The SMILES string of the molecule is CCOc1ccc2nc(N(CCN(CC)CC)C(=O)CC(c3ccccc3)c3ccccc3)sc2c1. The van der Waals surface area contributed by atoms with E-state index in [0.29, 0.717) is 19.6 Å². The summed E-state index contributed by atoms with van der Waals surface area (Å²) in [4.78, 5) is 23.1. The number of ether oxygens (including phenoxy) is 1. The Morgan fingerprint density at radius 2 is 1.53 bits per heavy atom. The average molecular weight is 502 g/mol. The number of hydrogen-bond donors (Lipinski definition) is 0. The summed E-state index contributed by atoms with van der Waals surface area (Å²) in [6, 6.07) is 26.6.